The molecule has 14 heavy (non-hydrogen) atoms. The van der Waals surface area contributed by atoms with Crippen molar-refractivity contribution in [3.63, 3.8) is 0 Å². The zero-order valence-electron chi connectivity index (χ0n) is 8.25. The highest BCUT2D eigenvalue weighted by atomic mass is 16.2. The molecule has 1 aliphatic heterocycles. The second kappa shape index (κ2) is 4.74. The summed E-state index contributed by atoms with van der Waals surface area (Å²) >= 11 is 0. The first-order valence-electron chi connectivity index (χ1n) is 4.79. The van der Waals surface area contributed by atoms with E-state index in [9.17, 15) is 9.59 Å². The van der Waals surface area contributed by atoms with Gasteiger partial charge in [0, 0.05) is 12.8 Å². The van der Waals surface area contributed by atoms with E-state index in [4.69, 9.17) is 5.73 Å². The largest absolute Gasteiger partial charge is 0.387 e. The van der Waals surface area contributed by atoms with E-state index in [-0.39, 0.29) is 11.8 Å². The van der Waals surface area contributed by atoms with Crippen molar-refractivity contribution in [2.24, 2.45) is 10.7 Å². The van der Waals surface area contributed by atoms with Crippen molar-refractivity contribution in [1.82, 2.24) is 5.32 Å². The van der Waals surface area contributed by atoms with E-state index in [1.165, 1.54) is 0 Å². The Labute approximate surface area is 82.8 Å². The van der Waals surface area contributed by atoms with E-state index in [1.807, 2.05) is 6.92 Å². The molecular formula is C9H15N3O2. The number of carbonyl (C=O) groups excluding carboxylic acids is 2. The Bertz CT molecular complexity index is 273. The third kappa shape index (κ3) is 2.83. The zero-order chi connectivity index (χ0) is 10.6. The molecule has 3 N–H and O–H groups in total. The third-order valence-electron chi connectivity index (χ3n) is 2.04. The lowest BCUT2D eigenvalue weighted by Gasteiger charge is -2.17. The standard InChI is InChI=1S/C9H15N3O2/c1-2-3-7(10)11-6-4-5-8(13)12-9(6)14/h6H,2-5H2,1H3,(H2,10,11)(H,12,13,14). The molecular weight excluding hydrogens is 182 g/mol. The van der Waals surface area contributed by atoms with Crippen LogP contribution in [0.25, 0.3) is 0 Å². The van der Waals surface area contributed by atoms with Crippen molar-refractivity contribution >= 4 is 17.6 Å². The van der Waals surface area contributed by atoms with Gasteiger partial charge in [-0.05, 0) is 12.8 Å². The van der Waals surface area contributed by atoms with Crippen LogP contribution in [-0.2, 0) is 9.59 Å². The molecule has 1 aliphatic rings. The summed E-state index contributed by atoms with van der Waals surface area (Å²) in [5.74, 6) is -0.0715. The van der Waals surface area contributed by atoms with Gasteiger partial charge in [-0.15, -0.1) is 0 Å². The van der Waals surface area contributed by atoms with E-state index in [1.54, 1.807) is 0 Å². The van der Waals surface area contributed by atoms with E-state index in [0.717, 1.165) is 6.42 Å². The molecule has 0 aromatic heterocycles. The smallest absolute Gasteiger partial charge is 0.251 e. The van der Waals surface area contributed by atoms with Crippen molar-refractivity contribution in [3.05, 3.63) is 0 Å². The number of nitrogens with zero attached hydrogens (tertiary/aromatic N) is 1. The Hall–Kier alpha value is -1.39. The zero-order valence-corrected chi connectivity index (χ0v) is 8.25. The molecule has 0 bridgehead atoms. The maximum absolute atomic E-state index is 11.2. The van der Waals surface area contributed by atoms with Crippen LogP contribution in [0.3, 0.4) is 0 Å². The Kier molecular flexibility index (Phi) is 3.62. The average molecular weight is 197 g/mol. The lowest BCUT2D eigenvalue weighted by Crippen LogP contribution is -2.43. The Morgan fingerprint density at radius 3 is 2.93 bits per heavy atom. The number of amides is 2. The molecule has 78 valence electrons. The molecule has 0 aliphatic carbocycles. The molecule has 5 nitrogen and oxygen atoms in total. The first-order valence-corrected chi connectivity index (χ1v) is 4.79. The molecule has 1 saturated heterocycles. The van der Waals surface area contributed by atoms with Crippen LogP contribution in [0.2, 0.25) is 0 Å². The van der Waals surface area contributed by atoms with Crippen molar-refractivity contribution in [3.8, 4) is 0 Å². The number of hydrogen-bond donors (Lipinski definition) is 2. The average Bonchev–Trinajstić information content (AvgIpc) is 2.10. The maximum atomic E-state index is 11.2. The SMILES string of the molecule is CCCC(N)=NC1CCC(=O)NC1=O. The van der Waals surface area contributed by atoms with E-state index >= 15 is 0 Å². The van der Waals surface area contributed by atoms with Gasteiger partial charge in [-0.25, -0.2) is 0 Å². The topological polar surface area (TPSA) is 84.5 Å². The van der Waals surface area contributed by atoms with Gasteiger partial charge < -0.3 is 5.73 Å². The number of imide groups is 1. The van der Waals surface area contributed by atoms with Crippen LogP contribution >= 0.6 is 0 Å². The number of nitrogens with one attached hydrogen (secondary N) is 1. The van der Waals surface area contributed by atoms with Crippen LogP contribution in [0.1, 0.15) is 32.6 Å². The van der Waals surface area contributed by atoms with Gasteiger partial charge in [0.05, 0.1) is 5.84 Å². The number of rotatable bonds is 3. The Morgan fingerprint density at radius 1 is 1.64 bits per heavy atom. The van der Waals surface area contributed by atoms with Gasteiger partial charge in [0.1, 0.15) is 6.04 Å². The maximum Gasteiger partial charge on any atom is 0.251 e. The molecule has 1 fully saturated rings. The van der Waals surface area contributed by atoms with Crippen LogP contribution in [0.4, 0.5) is 0 Å². The summed E-state index contributed by atoms with van der Waals surface area (Å²) in [4.78, 5) is 26.1. The van der Waals surface area contributed by atoms with Crippen molar-refractivity contribution in [1.29, 1.82) is 0 Å². The minimum Gasteiger partial charge on any atom is -0.387 e. The summed E-state index contributed by atoms with van der Waals surface area (Å²) in [5, 5.41) is 2.24. The highest BCUT2D eigenvalue weighted by molar-refractivity contribution is 6.01. The van der Waals surface area contributed by atoms with Gasteiger partial charge in [-0.3, -0.25) is 19.9 Å². The molecule has 0 aromatic rings. The molecule has 0 saturated carbocycles. The molecule has 1 atom stereocenters. The molecule has 0 spiro atoms. The van der Waals surface area contributed by atoms with Crippen LogP contribution in [0.15, 0.2) is 4.99 Å². The summed E-state index contributed by atoms with van der Waals surface area (Å²) in [6.07, 6.45) is 2.41. The second-order valence-electron chi connectivity index (χ2n) is 3.34. The number of piperidine rings is 1. The van der Waals surface area contributed by atoms with Gasteiger partial charge in [-0.1, -0.05) is 6.92 Å². The van der Waals surface area contributed by atoms with Gasteiger partial charge >= 0.3 is 0 Å². The Balaban J connectivity index is 2.56. The molecule has 0 aromatic carbocycles. The molecule has 0 radical (unpaired) electrons. The van der Waals surface area contributed by atoms with Gasteiger partial charge in [0.2, 0.25) is 5.91 Å². The Morgan fingerprint density at radius 2 is 2.36 bits per heavy atom. The number of amidine groups is 1. The first kappa shape index (κ1) is 10.7. The second-order valence-corrected chi connectivity index (χ2v) is 3.34. The van der Waals surface area contributed by atoms with Crippen molar-refractivity contribution in [2.45, 2.75) is 38.6 Å². The highest BCUT2D eigenvalue weighted by Gasteiger charge is 2.25. The number of carbonyl (C=O) groups is 2. The lowest BCUT2D eigenvalue weighted by atomic mass is 10.1. The highest BCUT2D eigenvalue weighted by Crippen LogP contribution is 2.08. The van der Waals surface area contributed by atoms with Crippen LogP contribution < -0.4 is 11.1 Å². The summed E-state index contributed by atoms with van der Waals surface area (Å²) < 4.78 is 0. The van der Waals surface area contributed by atoms with E-state index < -0.39 is 6.04 Å². The van der Waals surface area contributed by atoms with E-state index in [2.05, 4.69) is 10.3 Å². The van der Waals surface area contributed by atoms with E-state index in [0.29, 0.717) is 25.1 Å². The van der Waals surface area contributed by atoms with Crippen molar-refractivity contribution < 1.29 is 9.59 Å². The molecule has 1 rings (SSSR count). The summed E-state index contributed by atoms with van der Waals surface area (Å²) in [6.45, 7) is 1.99. The molecule has 2 amide bonds. The van der Waals surface area contributed by atoms with Crippen LogP contribution in [0, 0.1) is 0 Å². The fourth-order valence-corrected chi connectivity index (χ4v) is 1.33. The van der Waals surface area contributed by atoms with Crippen LogP contribution in [-0.4, -0.2) is 23.7 Å². The predicted molar refractivity (Wildman–Crippen MR) is 52.7 cm³/mol. The quantitative estimate of drug-likeness (QED) is 0.378. The minimum absolute atomic E-state index is 0.226. The molecule has 1 heterocycles. The fourth-order valence-electron chi connectivity index (χ4n) is 1.33. The third-order valence-corrected chi connectivity index (χ3v) is 2.04. The number of aliphatic imine (C=N–C) groups is 1. The predicted octanol–water partition coefficient (Wildman–Crippen LogP) is -0.0511. The lowest BCUT2D eigenvalue weighted by molar-refractivity contribution is -0.133. The summed E-state index contributed by atoms with van der Waals surface area (Å²) in [7, 11) is 0. The summed E-state index contributed by atoms with van der Waals surface area (Å²) in [5.41, 5.74) is 5.60. The number of nitrogens with two attached hydrogens (primary N) is 1. The van der Waals surface area contributed by atoms with Gasteiger partial charge in [0.25, 0.3) is 5.91 Å². The molecule has 5 heteroatoms. The molecule has 1 unspecified atom stereocenters. The van der Waals surface area contributed by atoms with Crippen molar-refractivity contribution in [2.75, 3.05) is 0 Å². The first-order chi connectivity index (χ1) is 6.63. The van der Waals surface area contributed by atoms with Gasteiger partial charge in [-0.2, -0.15) is 0 Å². The fraction of sp³-hybridized carbons (Fsp3) is 0.667. The minimum atomic E-state index is -0.473. The monoisotopic (exact) mass is 197 g/mol. The number of hydrogen-bond acceptors (Lipinski definition) is 3. The van der Waals surface area contributed by atoms with Gasteiger partial charge in [0.15, 0.2) is 0 Å². The summed E-state index contributed by atoms with van der Waals surface area (Å²) in [6, 6.07) is -0.473. The normalized spacial score (nSPS) is 23.5. The van der Waals surface area contributed by atoms with Crippen LogP contribution in [0.5, 0.6) is 0 Å².